The Labute approximate surface area is 103 Å². The molecule has 0 bridgehead atoms. The van der Waals surface area contributed by atoms with Crippen molar-refractivity contribution in [1.82, 2.24) is 14.9 Å². The molecule has 0 saturated heterocycles. The van der Waals surface area contributed by atoms with Crippen molar-refractivity contribution < 1.29 is 4.74 Å². The summed E-state index contributed by atoms with van der Waals surface area (Å²) in [5.41, 5.74) is 0. The van der Waals surface area contributed by atoms with E-state index >= 15 is 0 Å². The Balaban J connectivity index is 2.37. The summed E-state index contributed by atoms with van der Waals surface area (Å²) in [6, 6.07) is 1.77. The molecule has 0 amide bonds. The molecule has 0 radical (unpaired) electrons. The van der Waals surface area contributed by atoms with Gasteiger partial charge in [-0.3, -0.25) is 0 Å². The maximum Gasteiger partial charge on any atom is 0.225 e. The van der Waals surface area contributed by atoms with Crippen LogP contribution in [-0.4, -0.2) is 48.2 Å². The van der Waals surface area contributed by atoms with E-state index in [1.807, 2.05) is 13.8 Å². The van der Waals surface area contributed by atoms with Gasteiger partial charge in [-0.25, -0.2) is 4.98 Å². The third kappa shape index (κ3) is 6.06. The fourth-order valence-electron chi connectivity index (χ4n) is 1.33. The van der Waals surface area contributed by atoms with Gasteiger partial charge < -0.3 is 15.0 Å². The molecule has 96 valence electrons. The highest BCUT2D eigenvalue weighted by Crippen LogP contribution is 2.09. The molecule has 5 nitrogen and oxygen atoms in total. The molecule has 5 heteroatoms. The lowest BCUT2D eigenvalue weighted by Gasteiger charge is -2.11. The number of hydrogen-bond donors (Lipinski definition) is 1. The molecular weight excluding hydrogens is 216 g/mol. The summed E-state index contributed by atoms with van der Waals surface area (Å²) in [5, 5.41) is 3.18. The molecule has 1 heterocycles. The summed E-state index contributed by atoms with van der Waals surface area (Å²) in [4.78, 5) is 10.6. The summed E-state index contributed by atoms with van der Waals surface area (Å²) in [5.74, 6) is 1.24. The van der Waals surface area contributed by atoms with Crippen LogP contribution < -0.4 is 10.1 Å². The van der Waals surface area contributed by atoms with Crippen molar-refractivity contribution in [2.75, 3.05) is 32.5 Å². The number of nitrogens with one attached hydrogen (secondary N) is 1. The highest BCUT2D eigenvalue weighted by Gasteiger charge is 2.01. The molecule has 0 fully saturated rings. The van der Waals surface area contributed by atoms with Crippen LogP contribution in [0.25, 0.3) is 0 Å². The van der Waals surface area contributed by atoms with Gasteiger partial charge in [-0.2, -0.15) is 4.98 Å². The second-order valence-electron chi connectivity index (χ2n) is 4.47. The molecule has 0 unspecified atom stereocenters. The van der Waals surface area contributed by atoms with Crippen LogP contribution in [0.15, 0.2) is 12.3 Å². The Morgan fingerprint density at radius 1 is 1.41 bits per heavy atom. The van der Waals surface area contributed by atoms with Gasteiger partial charge in [-0.05, 0) is 40.9 Å². The molecule has 1 aromatic rings. The van der Waals surface area contributed by atoms with Gasteiger partial charge in [0.05, 0.1) is 6.10 Å². The Bertz CT molecular complexity index is 328. The van der Waals surface area contributed by atoms with Crippen molar-refractivity contribution in [3.63, 3.8) is 0 Å². The molecule has 17 heavy (non-hydrogen) atoms. The molecule has 1 rings (SSSR count). The molecule has 0 spiro atoms. The molecule has 0 aliphatic carbocycles. The van der Waals surface area contributed by atoms with Gasteiger partial charge in [0, 0.05) is 18.8 Å². The van der Waals surface area contributed by atoms with Gasteiger partial charge in [0.15, 0.2) is 0 Å². The van der Waals surface area contributed by atoms with E-state index in [9.17, 15) is 0 Å². The van der Waals surface area contributed by atoms with Gasteiger partial charge >= 0.3 is 0 Å². The smallest absolute Gasteiger partial charge is 0.225 e. The van der Waals surface area contributed by atoms with Crippen molar-refractivity contribution in [2.24, 2.45) is 0 Å². The Kier molecular flexibility index (Phi) is 5.69. The van der Waals surface area contributed by atoms with Crippen LogP contribution in [0.5, 0.6) is 5.88 Å². The van der Waals surface area contributed by atoms with E-state index in [-0.39, 0.29) is 6.10 Å². The minimum Gasteiger partial charge on any atom is -0.475 e. The van der Waals surface area contributed by atoms with Crippen LogP contribution in [0.4, 0.5) is 5.95 Å². The second kappa shape index (κ2) is 7.06. The number of rotatable bonds is 7. The first-order valence-electron chi connectivity index (χ1n) is 5.96. The van der Waals surface area contributed by atoms with E-state index < -0.39 is 0 Å². The summed E-state index contributed by atoms with van der Waals surface area (Å²) >= 11 is 0. The topological polar surface area (TPSA) is 50.3 Å². The number of nitrogens with zero attached hydrogens (tertiary/aromatic N) is 3. The quantitative estimate of drug-likeness (QED) is 0.732. The predicted octanol–water partition coefficient (Wildman–Crippen LogP) is 1.63. The third-order valence-electron chi connectivity index (χ3n) is 2.05. The number of ether oxygens (including phenoxy) is 1. The highest BCUT2D eigenvalue weighted by molar-refractivity contribution is 5.27. The second-order valence-corrected chi connectivity index (χ2v) is 4.47. The summed E-state index contributed by atoms with van der Waals surface area (Å²) < 4.78 is 5.50. The SMILES string of the molecule is CC(C)Oc1ccnc(NCCCN(C)C)n1. The number of hydrogen-bond acceptors (Lipinski definition) is 5. The van der Waals surface area contributed by atoms with Gasteiger partial charge in [-0.15, -0.1) is 0 Å². The van der Waals surface area contributed by atoms with Crippen LogP contribution in [0.3, 0.4) is 0 Å². The van der Waals surface area contributed by atoms with Gasteiger partial charge in [-0.1, -0.05) is 0 Å². The van der Waals surface area contributed by atoms with Gasteiger partial charge in [0.1, 0.15) is 0 Å². The first-order valence-corrected chi connectivity index (χ1v) is 5.96. The molecular formula is C12H22N4O. The van der Waals surface area contributed by atoms with E-state index in [0.29, 0.717) is 11.8 Å². The van der Waals surface area contributed by atoms with Crippen molar-refractivity contribution >= 4 is 5.95 Å². The minimum atomic E-state index is 0.131. The fraction of sp³-hybridized carbons (Fsp3) is 0.667. The lowest BCUT2D eigenvalue weighted by molar-refractivity contribution is 0.232. The number of anilines is 1. The van der Waals surface area contributed by atoms with E-state index in [1.165, 1.54) is 0 Å². The average molecular weight is 238 g/mol. The molecule has 0 aliphatic rings. The van der Waals surface area contributed by atoms with Crippen LogP contribution in [0, 0.1) is 0 Å². The van der Waals surface area contributed by atoms with E-state index in [2.05, 4.69) is 34.3 Å². The zero-order chi connectivity index (χ0) is 12.7. The summed E-state index contributed by atoms with van der Waals surface area (Å²) in [7, 11) is 4.13. The molecule has 0 saturated carbocycles. The van der Waals surface area contributed by atoms with Crippen LogP contribution in [-0.2, 0) is 0 Å². The Morgan fingerprint density at radius 2 is 2.18 bits per heavy atom. The minimum absolute atomic E-state index is 0.131. The average Bonchev–Trinajstić information content (AvgIpc) is 2.24. The zero-order valence-electron chi connectivity index (χ0n) is 11.1. The van der Waals surface area contributed by atoms with Crippen LogP contribution >= 0.6 is 0 Å². The largest absolute Gasteiger partial charge is 0.475 e. The zero-order valence-corrected chi connectivity index (χ0v) is 11.1. The third-order valence-corrected chi connectivity index (χ3v) is 2.05. The lowest BCUT2D eigenvalue weighted by Crippen LogP contribution is -2.17. The van der Waals surface area contributed by atoms with E-state index in [0.717, 1.165) is 19.5 Å². The molecule has 0 aromatic carbocycles. The summed E-state index contributed by atoms with van der Waals surface area (Å²) in [6.45, 7) is 5.87. The molecule has 0 atom stereocenters. The highest BCUT2D eigenvalue weighted by atomic mass is 16.5. The Hall–Kier alpha value is -1.36. The lowest BCUT2D eigenvalue weighted by atomic mass is 10.4. The van der Waals surface area contributed by atoms with Crippen molar-refractivity contribution in [2.45, 2.75) is 26.4 Å². The van der Waals surface area contributed by atoms with Crippen molar-refractivity contribution in [3.05, 3.63) is 12.3 Å². The fourth-order valence-corrected chi connectivity index (χ4v) is 1.33. The summed E-state index contributed by atoms with van der Waals surface area (Å²) in [6.07, 6.45) is 2.90. The first kappa shape index (κ1) is 13.7. The predicted molar refractivity (Wildman–Crippen MR) is 69.5 cm³/mol. The number of aromatic nitrogens is 2. The standard InChI is InChI=1S/C12H22N4O/c1-10(2)17-11-6-8-14-12(15-11)13-7-5-9-16(3)4/h6,8,10H,5,7,9H2,1-4H3,(H,13,14,15). The molecule has 0 aliphatic heterocycles. The van der Waals surface area contributed by atoms with Crippen LogP contribution in [0.2, 0.25) is 0 Å². The van der Waals surface area contributed by atoms with E-state index in [1.54, 1.807) is 12.3 Å². The maximum atomic E-state index is 5.50. The monoisotopic (exact) mass is 238 g/mol. The Morgan fingerprint density at radius 3 is 2.82 bits per heavy atom. The van der Waals surface area contributed by atoms with Crippen LogP contribution in [0.1, 0.15) is 20.3 Å². The van der Waals surface area contributed by atoms with E-state index in [4.69, 9.17) is 4.74 Å². The molecule has 1 N–H and O–H groups in total. The van der Waals surface area contributed by atoms with Crippen molar-refractivity contribution in [3.8, 4) is 5.88 Å². The maximum absolute atomic E-state index is 5.50. The normalized spacial score (nSPS) is 10.9. The first-order chi connectivity index (χ1) is 8.08. The van der Waals surface area contributed by atoms with Gasteiger partial charge in [0.25, 0.3) is 0 Å². The van der Waals surface area contributed by atoms with Crippen molar-refractivity contribution in [1.29, 1.82) is 0 Å². The molecule has 1 aromatic heterocycles. The van der Waals surface area contributed by atoms with Gasteiger partial charge in [0.2, 0.25) is 11.8 Å².